The number of hydrogen-bond acceptors (Lipinski definition) is 10. The zero-order valence-corrected chi connectivity index (χ0v) is 16.7. The van der Waals surface area contributed by atoms with Gasteiger partial charge in [-0.1, -0.05) is 5.16 Å². The summed E-state index contributed by atoms with van der Waals surface area (Å²) in [6.07, 6.45) is -2.03. The number of nitrogens with two attached hydrogens (primary N) is 1. The molecule has 13 nitrogen and oxygen atoms in total. The number of thioether (sulfide) groups is 1. The molecule has 0 heterocycles. The largest absolute Gasteiger partial charge is 0.480 e. The number of imide groups is 1. The van der Waals surface area contributed by atoms with E-state index in [1.165, 1.54) is 0 Å². The van der Waals surface area contributed by atoms with Crippen LogP contribution in [0.1, 0.15) is 19.8 Å². The van der Waals surface area contributed by atoms with Gasteiger partial charge in [-0.3, -0.25) is 14.4 Å². The van der Waals surface area contributed by atoms with E-state index in [9.17, 15) is 24.0 Å². The number of nitrogens with one attached hydrogen (secondary N) is 1. The highest BCUT2D eigenvalue weighted by molar-refractivity contribution is 8.00. The summed E-state index contributed by atoms with van der Waals surface area (Å²) in [6, 6.07) is -2.56. The molecule has 0 radical (unpaired) electrons. The Kier molecular flexibility index (Phi) is 12.0. The van der Waals surface area contributed by atoms with Crippen LogP contribution in [0.3, 0.4) is 0 Å². The first-order chi connectivity index (χ1) is 13.5. The average Bonchev–Trinajstić information content (AvgIpc) is 2.67. The SMILES string of the molecule is CCOC(=O)C(CSCC(NC(=O)CCC(N)C(=O)O)C(=O)N(C)C(=O)O)=NO. The minimum atomic E-state index is -1.55. The maximum Gasteiger partial charge on any atom is 0.413 e. The summed E-state index contributed by atoms with van der Waals surface area (Å²) >= 11 is 0.911. The molecule has 0 bridgehead atoms. The minimum absolute atomic E-state index is 0.0571. The highest BCUT2D eigenvalue weighted by atomic mass is 32.2. The molecule has 14 heteroatoms. The zero-order valence-electron chi connectivity index (χ0n) is 15.9. The molecular formula is C15H24N4O9S. The molecule has 0 saturated heterocycles. The van der Waals surface area contributed by atoms with Gasteiger partial charge in [0, 0.05) is 25.0 Å². The van der Waals surface area contributed by atoms with Crippen LogP contribution in [0.2, 0.25) is 0 Å². The van der Waals surface area contributed by atoms with Crippen molar-refractivity contribution in [1.29, 1.82) is 0 Å². The molecule has 29 heavy (non-hydrogen) atoms. The van der Waals surface area contributed by atoms with Crippen LogP contribution < -0.4 is 11.1 Å². The number of carbonyl (C=O) groups excluding carboxylic acids is 3. The summed E-state index contributed by atoms with van der Waals surface area (Å²) in [7, 11) is 0.994. The van der Waals surface area contributed by atoms with Crippen LogP contribution in [0.4, 0.5) is 4.79 Å². The molecule has 164 valence electrons. The zero-order chi connectivity index (χ0) is 22.6. The van der Waals surface area contributed by atoms with Crippen molar-refractivity contribution in [2.45, 2.75) is 31.8 Å². The summed E-state index contributed by atoms with van der Waals surface area (Å²) in [5.41, 5.74) is 4.98. The fraction of sp³-hybridized carbons (Fsp3) is 0.600. The summed E-state index contributed by atoms with van der Waals surface area (Å²) in [4.78, 5) is 57.9. The third-order valence-electron chi connectivity index (χ3n) is 3.41. The van der Waals surface area contributed by atoms with Gasteiger partial charge in [0.25, 0.3) is 5.91 Å². The molecule has 2 unspecified atom stereocenters. The van der Waals surface area contributed by atoms with Crippen molar-refractivity contribution < 1.29 is 44.1 Å². The number of aliphatic carboxylic acids is 1. The molecule has 0 saturated carbocycles. The van der Waals surface area contributed by atoms with Crippen molar-refractivity contribution in [3.8, 4) is 0 Å². The van der Waals surface area contributed by atoms with Crippen LogP contribution in [-0.2, 0) is 23.9 Å². The predicted molar refractivity (Wildman–Crippen MR) is 101 cm³/mol. The van der Waals surface area contributed by atoms with Crippen LogP contribution in [0, 0.1) is 0 Å². The maximum atomic E-state index is 12.3. The van der Waals surface area contributed by atoms with Crippen LogP contribution in [0.15, 0.2) is 5.16 Å². The van der Waals surface area contributed by atoms with Crippen molar-refractivity contribution >= 4 is 47.3 Å². The van der Waals surface area contributed by atoms with E-state index in [0.717, 1.165) is 18.8 Å². The standard InChI is InChI=1S/C15H24N4O9S/c1-3-28-14(24)10(18-27)7-29-6-9(12(21)19(2)15(25)26)17-11(20)5-4-8(16)13(22)23/h8-9,27H,3-7,16H2,1-2H3,(H,17,20)(H,22,23)(H,25,26). The number of likely N-dealkylation sites (N-methyl/N-ethyl adjacent to an activating group) is 1. The van der Waals surface area contributed by atoms with E-state index in [2.05, 4.69) is 15.2 Å². The summed E-state index contributed by atoms with van der Waals surface area (Å²) in [5, 5.41) is 31.7. The number of esters is 1. The van der Waals surface area contributed by atoms with Crippen molar-refractivity contribution in [3.05, 3.63) is 0 Å². The van der Waals surface area contributed by atoms with Crippen molar-refractivity contribution in [1.82, 2.24) is 10.2 Å². The van der Waals surface area contributed by atoms with E-state index in [1.54, 1.807) is 6.92 Å². The predicted octanol–water partition coefficient (Wildman–Crippen LogP) is -1.07. The van der Waals surface area contributed by atoms with Crippen molar-refractivity contribution in [3.63, 3.8) is 0 Å². The second kappa shape index (κ2) is 13.3. The smallest absolute Gasteiger partial charge is 0.413 e. The number of carboxylic acids is 1. The highest BCUT2D eigenvalue weighted by Crippen LogP contribution is 2.08. The van der Waals surface area contributed by atoms with E-state index in [0.29, 0.717) is 4.90 Å². The molecule has 6 N–H and O–H groups in total. The van der Waals surface area contributed by atoms with Gasteiger partial charge in [0.2, 0.25) is 5.91 Å². The first-order valence-corrected chi connectivity index (χ1v) is 9.44. The third kappa shape index (κ3) is 9.75. The van der Waals surface area contributed by atoms with E-state index < -0.39 is 41.9 Å². The van der Waals surface area contributed by atoms with Crippen LogP contribution in [0.5, 0.6) is 0 Å². The molecular weight excluding hydrogens is 412 g/mol. The molecule has 0 aromatic rings. The van der Waals surface area contributed by atoms with Crippen molar-refractivity contribution in [2.24, 2.45) is 10.9 Å². The lowest BCUT2D eigenvalue weighted by molar-refractivity contribution is -0.139. The van der Waals surface area contributed by atoms with Gasteiger partial charge >= 0.3 is 18.0 Å². The van der Waals surface area contributed by atoms with Gasteiger partial charge < -0.3 is 31.2 Å². The molecule has 0 aliphatic rings. The number of oxime groups is 1. The maximum absolute atomic E-state index is 12.3. The monoisotopic (exact) mass is 436 g/mol. The van der Waals surface area contributed by atoms with Gasteiger partial charge in [-0.15, -0.1) is 0 Å². The number of ether oxygens (including phenoxy) is 1. The fourth-order valence-corrected chi connectivity index (χ4v) is 2.74. The Bertz CT molecular complexity index is 656. The topological polar surface area (TPSA) is 209 Å². The number of nitrogens with zero attached hydrogens (tertiary/aromatic N) is 2. The molecule has 0 rings (SSSR count). The third-order valence-corrected chi connectivity index (χ3v) is 4.45. The van der Waals surface area contributed by atoms with E-state index in [4.69, 9.17) is 21.2 Å². The van der Waals surface area contributed by atoms with Crippen LogP contribution in [0.25, 0.3) is 0 Å². The fourth-order valence-electron chi connectivity index (χ4n) is 1.80. The summed E-state index contributed by atoms with van der Waals surface area (Å²) in [5.74, 6) is -4.14. The van der Waals surface area contributed by atoms with E-state index >= 15 is 0 Å². The Morgan fingerprint density at radius 3 is 2.34 bits per heavy atom. The normalized spacial score (nSPS) is 13.1. The number of carbonyl (C=O) groups is 5. The Labute approximate surface area is 170 Å². The first kappa shape index (κ1) is 26.1. The number of amides is 3. The second-order valence-electron chi connectivity index (χ2n) is 5.57. The summed E-state index contributed by atoms with van der Waals surface area (Å²) in [6.45, 7) is 1.61. The van der Waals surface area contributed by atoms with Gasteiger partial charge in [0.1, 0.15) is 12.1 Å². The van der Waals surface area contributed by atoms with Crippen LogP contribution in [-0.4, -0.2) is 93.1 Å². The van der Waals surface area contributed by atoms with Gasteiger partial charge in [0.05, 0.1) is 6.61 Å². The highest BCUT2D eigenvalue weighted by Gasteiger charge is 2.28. The quantitative estimate of drug-likeness (QED) is 0.108. The number of hydrogen-bond donors (Lipinski definition) is 5. The van der Waals surface area contributed by atoms with Crippen LogP contribution >= 0.6 is 11.8 Å². The lowest BCUT2D eigenvalue weighted by atomic mass is 10.1. The Balaban J connectivity index is 5.00. The Morgan fingerprint density at radius 2 is 1.86 bits per heavy atom. The molecule has 0 aromatic carbocycles. The second-order valence-corrected chi connectivity index (χ2v) is 6.60. The number of carboxylic acid groups (broad SMARTS) is 2. The molecule has 0 aliphatic heterocycles. The van der Waals surface area contributed by atoms with Gasteiger partial charge in [-0.05, 0) is 13.3 Å². The minimum Gasteiger partial charge on any atom is -0.480 e. The molecule has 2 atom stereocenters. The average molecular weight is 436 g/mol. The lowest BCUT2D eigenvalue weighted by Gasteiger charge is -2.21. The lowest BCUT2D eigenvalue weighted by Crippen LogP contribution is -2.50. The molecule has 0 aliphatic carbocycles. The number of rotatable bonds is 12. The van der Waals surface area contributed by atoms with Crippen molar-refractivity contribution in [2.75, 3.05) is 25.2 Å². The van der Waals surface area contributed by atoms with E-state index in [-0.39, 0.29) is 36.7 Å². The molecule has 0 aromatic heterocycles. The molecule has 0 fully saturated rings. The Hall–Kier alpha value is -2.87. The van der Waals surface area contributed by atoms with Gasteiger partial charge in [-0.25, -0.2) is 14.5 Å². The summed E-state index contributed by atoms with van der Waals surface area (Å²) < 4.78 is 4.68. The van der Waals surface area contributed by atoms with Gasteiger partial charge in [0.15, 0.2) is 5.71 Å². The first-order valence-electron chi connectivity index (χ1n) is 8.29. The molecule has 0 spiro atoms. The molecule has 3 amide bonds. The van der Waals surface area contributed by atoms with E-state index in [1.807, 2.05) is 0 Å². The Morgan fingerprint density at radius 1 is 1.24 bits per heavy atom. The van der Waals surface area contributed by atoms with Gasteiger partial charge in [-0.2, -0.15) is 11.8 Å².